The molecule has 0 radical (unpaired) electrons. The van der Waals surface area contributed by atoms with Gasteiger partial charge in [-0.25, -0.2) is 4.79 Å². The molecule has 2 saturated carbocycles. The maximum atomic E-state index is 12.3. The number of rotatable bonds is 5. The van der Waals surface area contributed by atoms with Crippen LogP contribution >= 0.6 is 0 Å². The van der Waals surface area contributed by atoms with Gasteiger partial charge in [0.2, 0.25) is 0 Å². The minimum Gasteiger partial charge on any atom is -0.455 e. The Morgan fingerprint density at radius 3 is 2.45 bits per heavy atom. The topological polar surface area (TPSA) is 38.8 Å². The Hall–Kier alpha value is -0.830. The molecular formula is C19H30O3. The van der Waals surface area contributed by atoms with Gasteiger partial charge >= 0.3 is 5.97 Å². The van der Waals surface area contributed by atoms with Crippen molar-refractivity contribution in [3.63, 3.8) is 0 Å². The van der Waals surface area contributed by atoms with Crippen LogP contribution in [0, 0.1) is 11.8 Å². The van der Waals surface area contributed by atoms with Crippen LogP contribution < -0.4 is 0 Å². The van der Waals surface area contributed by atoms with Gasteiger partial charge in [-0.1, -0.05) is 32.8 Å². The van der Waals surface area contributed by atoms with E-state index in [9.17, 15) is 4.79 Å². The van der Waals surface area contributed by atoms with Crippen molar-refractivity contribution in [3.05, 3.63) is 12.2 Å². The number of epoxide rings is 1. The van der Waals surface area contributed by atoms with Crippen molar-refractivity contribution in [2.75, 3.05) is 0 Å². The van der Waals surface area contributed by atoms with Crippen molar-refractivity contribution in [2.24, 2.45) is 11.8 Å². The molecule has 2 aliphatic carbocycles. The van der Waals surface area contributed by atoms with E-state index >= 15 is 0 Å². The summed E-state index contributed by atoms with van der Waals surface area (Å²) in [5, 5.41) is 0. The number of fused-ring (bicyclic) bond motifs is 1. The Morgan fingerprint density at radius 1 is 1.14 bits per heavy atom. The first-order chi connectivity index (χ1) is 10.6. The zero-order valence-corrected chi connectivity index (χ0v) is 14.1. The van der Waals surface area contributed by atoms with Gasteiger partial charge in [-0.15, -0.1) is 0 Å². The van der Waals surface area contributed by atoms with Crippen LogP contribution in [-0.2, 0) is 14.3 Å². The molecule has 0 N–H and O–H groups in total. The van der Waals surface area contributed by atoms with Gasteiger partial charge in [-0.3, -0.25) is 0 Å². The molecule has 0 aromatic heterocycles. The standard InChI is InChI=1S/C19H30O3/c1-4-19(22-18(20)13(2)3,14-8-6-5-7-9-14)15-10-11-16-17(12-15)21-16/h14-17H,2,4-12H2,1,3H3. The molecule has 0 aromatic carbocycles. The summed E-state index contributed by atoms with van der Waals surface area (Å²) in [5.74, 6) is 0.758. The highest BCUT2D eigenvalue weighted by molar-refractivity contribution is 5.87. The average molecular weight is 306 g/mol. The lowest BCUT2D eigenvalue weighted by Crippen LogP contribution is -2.50. The number of hydrogen-bond donors (Lipinski definition) is 0. The fourth-order valence-corrected chi connectivity index (χ4v) is 4.85. The molecule has 3 rings (SSSR count). The second-order valence-electron chi connectivity index (χ2n) is 7.54. The van der Waals surface area contributed by atoms with E-state index in [0.717, 1.165) is 25.7 Å². The third-order valence-electron chi connectivity index (χ3n) is 6.18. The van der Waals surface area contributed by atoms with Crippen LogP contribution in [-0.4, -0.2) is 23.8 Å². The van der Waals surface area contributed by atoms with Gasteiger partial charge in [0.25, 0.3) is 0 Å². The van der Waals surface area contributed by atoms with E-state index in [1.54, 1.807) is 6.92 Å². The summed E-state index contributed by atoms with van der Waals surface area (Å²) in [6, 6.07) is 0. The molecule has 124 valence electrons. The predicted octanol–water partition coefficient (Wildman–Crippen LogP) is 4.40. The first kappa shape index (κ1) is 16.0. The van der Waals surface area contributed by atoms with E-state index < -0.39 is 0 Å². The Labute approximate surface area is 134 Å². The van der Waals surface area contributed by atoms with Crippen LogP contribution in [0.3, 0.4) is 0 Å². The Balaban J connectivity index is 1.83. The molecule has 3 fully saturated rings. The van der Waals surface area contributed by atoms with Crippen LogP contribution in [0.5, 0.6) is 0 Å². The number of hydrogen-bond acceptors (Lipinski definition) is 3. The van der Waals surface area contributed by atoms with Crippen LogP contribution in [0.4, 0.5) is 0 Å². The van der Waals surface area contributed by atoms with Gasteiger partial charge in [0.05, 0.1) is 12.2 Å². The molecule has 1 heterocycles. The Bertz CT molecular complexity index is 438. The first-order valence-corrected chi connectivity index (χ1v) is 9.11. The number of carbonyl (C=O) groups excluding carboxylic acids is 1. The lowest BCUT2D eigenvalue weighted by Gasteiger charge is -2.47. The zero-order chi connectivity index (χ0) is 15.7. The Morgan fingerprint density at radius 2 is 1.86 bits per heavy atom. The second kappa shape index (κ2) is 6.35. The van der Waals surface area contributed by atoms with Crippen molar-refractivity contribution < 1.29 is 14.3 Å². The largest absolute Gasteiger partial charge is 0.455 e. The minimum atomic E-state index is -0.298. The van der Waals surface area contributed by atoms with Crippen LogP contribution in [0.25, 0.3) is 0 Å². The van der Waals surface area contributed by atoms with E-state index in [0.29, 0.717) is 29.6 Å². The quantitative estimate of drug-likeness (QED) is 0.429. The molecule has 1 saturated heterocycles. The SMILES string of the molecule is C=C(C)C(=O)OC(CC)(C1CCCCC1)C1CCC2OC2C1. The maximum absolute atomic E-state index is 12.3. The zero-order valence-electron chi connectivity index (χ0n) is 14.1. The number of ether oxygens (including phenoxy) is 2. The van der Waals surface area contributed by atoms with Crippen molar-refractivity contribution >= 4 is 5.97 Å². The third kappa shape index (κ3) is 2.97. The van der Waals surface area contributed by atoms with Gasteiger partial charge in [-0.2, -0.15) is 0 Å². The normalized spacial score (nSPS) is 34.4. The van der Waals surface area contributed by atoms with Gasteiger partial charge in [-0.05, 0) is 51.4 Å². The molecule has 0 spiro atoms. The summed E-state index contributed by atoms with van der Waals surface area (Å²) >= 11 is 0. The van der Waals surface area contributed by atoms with Gasteiger partial charge < -0.3 is 9.47 Å². The van der Waals surface area contributed by atoms with Crippen molar-refractivity contribution in [1.29, 1.82) is 0 Å². The third-order valence-corrected chi connectivity index (χ3v) is 6.18. The highest BCUT2D eigenvalue weighted by Gasteiger charge is 2.54. The van der Waals surface area contributed by atoms with Gasteiger partial charge in [0.15, 0.2) is 0 Å². The molecule has 3 heteroatoms. The lowest BCUT2D eigenvalue weighted by molar-refractivity contribution is -0.176. The van der Waals surface area contributed by atoms with E-state index in [1.807, 2.05) is 0 Å². The summed E-state index contributed by atoms with van der Waals surface area (Å²) in [7, 11) is 0. The number of esters is 1. The monoisotopic (exact) mass is 306 g/mol. The molecule has 3 nitrogen and oxygen atoms in total. The molecule has 1 aliphatic heterocycles. The Kier molecular flexibility index (Phi) is 4.63. The smallest absolute Gasteiger partial charge is 0.333 e. The van der Waals surface area contributed by atoms with E-state index in [2.05, 4.69) is 13.5 Å². The average Bonchev–Trinajstić information content (AvgIpc) is 3.31. The number of carbonyl (C=O) groups is 1. The molecule has 22 heavy (non-hydrogen) atoms. The molecule has 0 amide bonds. The van der Waals surface area contributed by atoms with Crippen molar-refractivity contribution in [1.82, 2.24) is 0 Å². The highest BCUT2D eigenvalue weighted by Crippen LogP contribution is 2.51. The maximum Gasteiger partial charge on any atom is 0.333 e. The van der Waals surface area contributed by atoms with Crippen molar-refractivity contribution in [3.8, 4) is 0 Å². The van der Waals surface area contributed by atoms with Crippen LogP contribution in [0.1, 0.15) is 71.6 Å². The van der Waals surface area contributed by atoms with E-state index in [4.69, 9.17) is 9.47 Å². The molecule has 3 aliphatic rings. The lowest BCUT2D eigenvalue weighted by atomic mass is 9.65. The second-order valence-corrected chi connectivity index (χ2v) is 7.54. The van der Waals surface area contributed by atoms with Gasteiger partial charge in [0, 0.05) is 11.5 Å². The molecular weight excluding hydrogens is 276 g/mol. The van der Waals surface area contributed by atoms with E-state index in [1.165, 1.54) is 32.1 Å². The summed E-state index contributed by atoms with van der Waals surface area (Å²) in [4.78, 5) is 12.3. The summed E-state index contributed by atoms with van der Waals surface area (Å²) in [6.45, 7) is 7.74. The molecule has 4 atom stereocenters. The minimum absolute atomic E-state index is 0.203. The molecule has 0 aromatic rings. The molecule has 4 unspecified atom stereocenters. The van der Waals surface area contributed by atoms with Crippen molar-refractivity contribution in [2.45, 2.75) is 89.4 Å². The van der Waals surface area contributed by atoms with Gasteiger partial charge in [0.1, 0.15) is 5.60 Å². The highest BCUT2D eigenvalue weighted by atomic mass is 16.6. The fraction of sp³-hybridized carbons (Fsp3) is 0.842. The fourth-order valence-electron chi connectivity index (χ4n) is 4.85. The van der Waals surface area contributed by atoms with Crippen LogP contribution in [0.15, 0.2) is 12.2 Å². The van der Waals surface area contributed by atoms with E-state index in [-0.39, 0.29) is 11.6 Å². The summed E-state index contributed by atoms with van der Waals surface area (Å²) < 4.78 is 11.9. The summed E-state index contributed by atoms with van der Waals surface area (Å²) in [5.41, 5.74) is 0.220. The summed E-state index contributed by atoms with van der Waals surface area (Å²) in [6.07, 6.45) is 11.4. The molecule has 0 bridgehead atoms. The van der Waals surface area contributed by atoms with Crippen LogP contribution in [0.2, 0.25) is 0 Å². The predicted molar refractivity (Wildman–Crippen MR) is 86.5 cm³/mol. The first-order valence-electron chi connectivity index (χ1n) is 9.11.